The van der Waals surface area contributed by atoms with Gasteiger partial charge in [-0.25, -0.2) is 4.98 Å². The van der Waals surface area contributed by atoms with E-state index in [4.69, 9.17) is 5.73 Å². The number of carbonyl (C=O) groups is 1. The minimum absolute atomic E-state index is 0.143. The fraction of sp³-hybridized carbons (Fsp3) is 0.500. The molecule has 1 heterocycles. The van der Waals surface area contributed by atoms with Crippen LogP contribution in [0.5, 0.6) is 0 Å². The molecule has 0 bridgehead atoms. The van der Waals surface area contributed by atoms with E-state index in [1.165, 1.54) is 12.1 Å². The third-order valence-electron chi connectivity index (χ3n) is 3.39. The number of aromatic nitrogens is 1. The van der Waals surface area contributed by atoms with Gasteiger partial charge in [-0.15, -0.1) is 0 Å². The number of amides is 1. The van der Waals surface area contributed by atoms with Crippen molar-refractivity contribution in [1.82, 2.24) is 4.98 Å². The summed E-state index contributed by atoms with van der Waals surface area (Å²) in [5.41, 5.74) is 5.21. The highest BCUT2D eigenvalue weighted by Crippen LogP contribution is 2.37. The Bertz CT molecular complexity index is 416. The summed E-state index contributed by atoms with van der Waals surface area (Å²) in [6, 6.07) is 4.33. The summed E-state index contributed by atoms with van der Waals surface area (Å²) in [4.78, 5) is 15.7. The number of anilines is 1. The first-order valence-corrected chi connectivity index (χ1v) is 5.80. The standard InChI is InChI=1S/C12H16FN3O/c13-9-4-3-5-10(15-9)16-11(17)12(8-14)6-1-2-7-12/h3-5H,1-2,6-8,14H2,(H,15,16,17). The van der Waals surface area contributed by atoms with E-state index in [2.05, 4.69) is 10.3 Å². The van der Waals surface area contributed by atoms with Crippen LogP contribution in [0, 0.1) is 11.4 Å². The van der Waals surface area contributed by atoms with Crippen LogP contribution in [0.2, 0.25) is 0 Å². The van der Waals surface area contributed by atoms with Gasteiger partial charge in [0.15, 0.2) is 0 Å². The molecule has 1 fully saturated rings. The summed E-state index contributed by atoms with van der Waals surface area (Å²) in [5, 5.41) is 2.65. The molecule has 1 aliphatic rings. The molecule has 3 N–H and O–H groups in total. The van der Waals surface area contributed by atoms with E-state index in [0.717, 1.165) is 25.7 Å². The van der Waals surface area contributed by atoms with Gasteiger partial charge < -0.3 is 11.1 Å². The molecule has 0 radical (unpaired) electrons. The molecule has 4 nitrogen and oxygen atoms in total. The van der Waals surface area contributed by atoms with E-state index < -0.39 is 11.4 Å². The zero-order chi connectivity index (χ0) is 12.3. The van der Waals surface area contributed by atoms with Crippen LogP contribution in [0.25, 0.3) is 0 Å². The first kappa shape index (κ1) is 12.0. The van der Waals surface area contributed by atoms with E-state index >= 15 is 0 Å². The maximum Gasteiger partial charge on any atom is 0.233 e. The Morgan fingerprint density at radius 2 is 2.18 bits per heavy atom. The molecule has 1 amide bonds. The zero-order valence-corrected chi connectivity index (χ0v) is 9.58. The molecule has 1 aromatic heterocycles. The van der Waals surface area contributed by atoms with Crippen LogP contribution >= 0.6 is 0 Å². The highest BCUT2D eigenvalue weighted by Gasteiger charge is 2.39. The van der Waals surface area contributed by atoms with Crippen LogP contribution in [0.15, 0.2) is 18.2 Å². The zero-order valence-electron chi connectivity index (χ0n) is 9.58. The molecular formula is C12H16FN3O. The fourth-order valence-electron chi connectivity index (χ4n) is 2.30. The van der Waals surface area contributed by atoms with E-state index in [9.17, 15) is 9.18 Å². The molecule has 2 rings (SSSR count). The minimum atomic E-state index is -0.601. The average Bonchev–Trinajstić information content (AvgIpc) is 2.78. The second-order valence-electron chi connectivity index (χ2n) is 4.49. The molecule has 0 unspecified atom stereocenters. The predicted octanol–water partition coefficient (Wildman–Crippen LogP) is 1.68. The van der Waals surface area contributed by atoms with Gasteiger partial charge in [-0.05, 0) is 25.0 Å². The summed E-state index contributed by atoms with van der Waals surface area (Å²) in [5.74, 6) is -0.499. The Balaban J connectivity index is 2.10. The Hall–Kier alpha value is -1.49. The Morgan fingerprint density at radius 3 is 2.76 bits per heavy atom. The number of nitrogens with one attached hydrogen (secondary N) is 1. The number of nitrogens with two attached hydrogens (primary N) is 1. The van der Waals surface area contributed by atoms with Gasteiger partial charge in [-0.3, -0.25) is 4.79 Å². The first-order valence-electron chi connectivity index (χ1n) is 5.80. The van der Waals surface area contributed by atoms with Crippen molar-refractivity contribution in [2.24, 2.45) is 11.1 Å². The normalized spacial score (nSPS) is 18.0. The van der Waals surface area contributed by atoms with E-state index in [-0.39, 0.29) is 11.7 Å². The molecule has 0 saturated heterocycles. The van der Waals surface area contributed by atoms with Crippen molar-refractivity contribution < 1.29 is 9.18 Å². The quantitative estimate of drug-likeness (QED) is 0.786. The third-order valence-corrected chi connectivity index (χ3v) is 3.39. The van der Waals surface area contributed by atoms with Crippen LogP contribution in [0.3, 0.4) is 0 Å². The van der Waals surface area contributed by atoms with Crippen molar-refractivity contribution in [2.45, 2.75) is 25.7 Å². The largest absolute Gasteiger partial charge is 0.329 e. The molecule has 1 saturated carbocycles. The smallest absolute Gasteiger partial charge is 0.233 e. The lowest BCUT2D eigenvalue weighted by atomic mass is 9.85. The fourth-order valence-corrected chi connectivity index (χ4v) is 2.30. The summed E-state index contributed by atoms with van der Waals surface area (Å²) in [6.45, 7) is 0.328. The van der Waals surface area contributed by atoms with Crippen molar-refractivity contribution in [3.8, 4) is 0 Å². The van der Waals surface area contributed by atoms with Gasteiger partial charge in [0.25, 0.3) is 0 Å². The molecule has 0 aliphatic heterocycles. The van der Waals surface area contributed by atoms with Crippen LogP contribution in [-0.4, -0.2) is 17.4 Å². The molecule has 92 valence electrons. The maximum atomic E-state index is 12.9. The van der Waals surface area contributed by atoms with E-state index in [1.54, 1.807) is 6.07 Å². The first-order chi connectivity index (χ1) is 8.16. The summed E-state index contributed by atoms with van der Waals surface area (Å²) in [6.07, 6.45) is 3.62. The molecule has 5 heteroatoms. The second kappa shape index (κ2) is 4.79. The van der Waals surface area contributed by atoms with Gasteiger partial charge in [0, 0.05) is 6.54 Å². The van der Waals surface area contributed by atoms with Crippen LogP contribution < -0.4 is 11.1 Å². The van der Waals surface area contributed by atoms with Crippen LogP contribution in [0.4, 0.5) is 10.2 Å². The van der Waals surface area contributed by atoms with Crippen LogP contribution in [-0.2, 0) is 4.79 Å². The Morgan fingerprint density at radius 1 is 1.47 bits per heavy atom. The number of halogens is 1. The lowest BCUT2D eigenvalue weighted by Gasteiger charge is -2.25. The van der Waals surface area contributed by atoms with Gasteiger partial charge in [-0.1, -0.05) is 18.9 Å². The molecule has 0 atom stereocenters. The van der Waals surface area contributed by atoms with Crippen molar-refractivity contribution in [2.75, 3.05) is 11.9 Å². The SMILES string of the molecule is NCC1(C(=O)Nc2cccc(F)n2)CCCC1. The number of hydrogen-bond acceptors (Lipinski definition) is 3. The molecule has 1 aliphatic carbocycles. The summed E-state index contributed by atoms with van der Waals surface area (Å²) >= 11 is 0. The van der Waals surface area contributed by atoms with Gasteiger partial charge in [0.2, 0.25) is 11.9 Å². The topological polar surface area (TPSA) is 68.0 Å². The summed E-state index contributed by atoms with van der Waals surface area (Å²) < 4.78 is 12.9. The highest BCUT2D eigenvalue weighted by atomic mass is 19.1. The van der Waals surface area contributed by atoms with Gasteiger partial charge >= 0.3 is 0 Å². The third kappa shape index (κ3) is 2.44. The predicted molar refractivity (Wildman–Crippen MR) is 62.8 cm³/mol. The molecule has 0 aromatic carbocycles. The number of nitrogens with zero attached hydrogens (tertiary/aromatic N) is 1. The minimum Gasteiger partial charge on any atom is -0.329 e. The molecular weight excluding hydrogens is 221 g/mol. The monoisotopic (exact) mass is 237 g/mol. The van der Waals surface area contributed by atoms with Crippen molar-refractivity contribution in [3.63, 3.8) is 0 Å². The summed E-state index contributed by atoms with van der Waals surface area (Å²) in [7, 11) is 0. The number of carbonyl (C=O) groups excluding carboxylic acids is 1. The second-order valence-corrected chi connectivity index (χ2v) is 4.49. The Labute approximate surface area is 99.4 Å². The lowest BCUT2D eigenvalue weighted by molar-refractivity contribution is -0.124. The van der Waals surface area contributed by atoms with E-state index in [1.807, 2.05) is 0 Å². The molecule has 0 spiro atoms. The molecule has 17 heavy (non-hydrogen) atoms. The van der Waals surface area contributed by atoms with Gasteiger partial charge in [-0.2, -0.15) is 4.39 Å². The molecule has 1 aromatic rings. The number of hydrogen-bond donors (Lipinski definition) is 2. The van der Waals surface area contributed by atoms with Crippen molar-refractivity contribution >= 4 is 11.7 Å². The van der Waals surface area contributed by atoms with Crippen molar-refractivity contribution in [1.29, 1.82) is 0 Å². The maximum absolute atomic E-state index is 12.9. The lowest BCUT2D eigenvalue weighted by Crippen LogP contribution is -2.40. The van der Waals surface area contributed by atoms with Crippen LogP contribution in [0.1, 0.15) is 25.7 Å². The average molecular weight is 237 g/mol. The van der Waals surface area contributed by atoms with Gasteiger partial charge in [0.1, 0.15) is 5.82 Å². The van der Waals surface area contributed by atoms with E-state index in [0.29, 0.717) is 6.54 Å². The number of rotatable bonds is 3. The Kier molecular flexibility index (Phi) is 3.38. The van der Waals surface area contributed by atoms with Gasteiger partial charge in [0.05, 0.1) is 5.41 Å². The van der Waals surface area contributed by atoms with Crippen molar-refractivity contribution in [3.05, 3.63) is 24.1 Å². The highest BCUT2D eigenvalue weighted by molar-refractivity contribution is 5.94. The number of pyridine rings is 1.